The Kier molecular flexibility index (Phi) is 4.01. The summed E-state index contributed by atoms with van der Waals surface area (Å²) in [5.41, 5.74) is 2.33. The number of anilines is 1. The Bertz CT molecular complexity index is 863. The van der Waals surface area contributed by atoms with Gasteiger partial charge in [0.15, 0.2) is 0 Å². The smallest absolute Gasteiger partial charge is 0.255 e. The number of carbonyl (C=O) groups excluding carboxylic acids is 1. The Hall–Kier alpha value is -2.46. The molecule has 0 radical (unpaired) electrons. The van der Waals surface area contributed by atoms with Crippen molar-refractivity contribution < 1.29 is 4.79 Å². The number of hydrogen-bond acceptors (Lipinski definition) is 2. The van der Waals surface area contributed by atoms with E-state index in [-0.39, 0.29) is 5.91 Å². The minimum absolute atomic E-state index is 0.0684. The van der Waals surface area contributed by atoms with Gasteiger partial charge in [-0.3, -0.25) is 9.78 Å². The van der Waals surface area contributed by atoms with Gasteiger partial charge in [0.05, 0.1) is 19.3 Å². The van der Waals surface area contributed by atoms with Gasteiger partial charge in [0.2, 0.25) is 0 Å². The second-order valence-electron chi connectivity index (χ2n) is 6.63. The van der Waals surface area contributed by atoms with Crippen LogP contribution in [0.1, 0.15) is 10.4 Å². The highest BCUT2D eigenvalue weighted by Crippen LogP contribution is 2.21. The fraction of sp³-hybridized carbons (Fsp3) is 0.158. The SMILES string of the molecule is C[Si](C)(C)c1ccccc1C(=O)Nc1cccc2cccnc12. The highest BCUT2D eigenvalue weighted by atomic mass is 28.3. The molecule has 3 nitrogen and oxygen atoms in total. The first kappa shape index (κ1) is 15.4. The fourth-order valence-corrected chi connectivity index (χ4v) is 4.33. The van der Waals surface area contributed by atoms with Crippen molar-refractivity contribution in [2.45, 2.75) is 19.6 Å². The van der Waals surface area contributed by atoms with Crippen molar-refractivity contribution in [1.29, 1.82) is 0 Å². The van der Waals surface area contributed by atoms with Crippen LogP contribution < -0.4 is 10.5 Å². The van der Waals surface area contributed by atoms with Crippen molar-refractivity contribution in [3.8, 4) is 0 Å². The maximum absolute atomic E-state index is 12.8. The topological polar surface area (TPSA) is 42.0 Å². The van der Waals surface area contributed by atoms with E-state index in [0.29, 0.717) is 0 Å². The van der Waals surface area contributed by atoms with Crippen LogP contribution in [-0.2, 0) is 0 Å². The average Bonchev–Trinajstić information content (AvgIpc) is 2.54. The van der Waals surface area contributed by atoms with E-state index >= 15 is 0 Å². The number of nitrogens with one attached hydrogen (secondary N) is 1. The summed E-state index contributed by atoms with van der Waals surface area (Å²) >= 11 is 0. The predicted octanol–water partition coefficient (Wildman–Crippen LogP) is 4.03. The van der Waals surface area contributed by atoms with Crippen LogP contribution >= 0.6 is 0 Å². The number of para-hydroxylation sites is 1. The highest BCUT2D eigenvalue weighted by molar-refractivity contribution is 6.89. The zero-order valence-corrected chi connectivity index (χ0v) is 14.6. The molecule has 0 spiro atoms. The minimum atomic E-state index is -1.59. The first-order valence-corrected chi connectivity index (χ1v) is 11.2. The molecule has 0 saturated heterocycles. The molecule has 4 heteroatoms. The molecule has 0 aliphatic rings. The zero-order chi connectivity index (χ0) is 16.4. The van der Waals surface area contributed by atoms with Crippen LogP contribution in [-0.4, -0.2) is 19.0 Å². The van der Waals surface area contributed by atoms with Crippen LogP contribution in [0.25, 0.3) is 10.9 Å². The molecule has 0 bridgehead atoms. The van der Waals surface area contributed by atoms with Crippen LogP contribution in [0, 0.1) is 0 Å². The van der Waals surface area contributed by atoms with Crippen LogP contribution in [0.2, 0.25) is 19.6 Å². The number of pyridine rings is 1. The number of nitrogens with zero attached hydrogens (tertiary/aromatic N) is 1. The van der Waals surface area contributed by atoms with Gasteiger partial charge in [-0.05, 0) is 23.4 Å². The van der Waals surface area contributed by atoms with Gasteiger partial charge in [-0.1, -0.05) is 56.0 Å². The third-order valence-corrected chi connectivity index (χ3v) is 5.91. The molecule has 1 amide bonds. The third kappa shape index (κ3) is 3.17. The molecule has 23 heavy (non-hydrogen) atoms. The molecule has 0 unspecified atom stereocenters. The summed E-state index contributed by atoms with van der Waals surface area (Å²) in [5, 5.41) is 5.22. The van der Waals surface area contributed by atoms with Gasteiger partial charge in [0, 0.05) is 17.1 Å². The van der Waals surface area contributed by atoms with Gasteiger partial charge in [0.25, 0.3) is 5.91 Å². The summed E-state index contributed by atoms with van der Waals surface area (Å²) < 4.78 is 0. The van der Waals surface area contributed by atoms with Crippen molar-refractivity contribution in [2.24, 2.45) is 0 Å². The van der Waals surface area contributed by atoms with Crippen LogP contribution in [0.3, 0.4) is 0 Å². The molecular formula is C19H20N2OSi. The van der Waals surface area contributed by atoms with Crippen LogP contribution in [0.15, 0.2) is 60.8 Å². The normalized spacial score (nSPS) is 11.4. The van der Waals surface area contributed by atoms with E-state index in [9.17, 15) is 4.79 Å². The Morgan fingerprint density at radius 1 is 0.957 bits per heavy atom. The lowest BCUT2D eigenvalue weighted by Gasteiger charge is -2.20. The molecule has 116 valence electrons. The molecule has 3 aromatic rings. The van der Waals surface area contributed by atoms with E-state index in [1.807, 2.05) is 48.5 Å². The Labute approximate surface area is 137 Å². The lowest BCUT2D eigenvalue weighted by molar-refractivity contribution is 0.102. The van der Waals surface area contributed by atoms with E-state index in [1.165, 1.54) is 5.19 Å². The molecule has 1 aromatic heterocycles. The van der Waals surface area contributed by atoms with Gasteiger partial charge in [-0.15, -0.1) is 0 Å². The first-order chi connectivity index (χ1) is 11.0. The molecule has 2 aromatic carbocycles. The fourth-order valence-electron chi connectivity index (χ4n) is 2.73. The Morgan fingerprint density at radius 3 is 2.48 bits per heavy atom. The van der Waals surface area contributed by atoms with E-state index in [1.54, 1.807) is 6.20 Å². The number of carbonyl (C=O) groups is 1. The van der Waals surface area contributed by atoms with Gasteiger partial charge in [0.1, 0.15) is 0 Å². The van der Waals surface area contributed by atoms with Crippen LogP contribution in [0.5, 0.6) is 0 Å². The van der Waals surface area contributed by atoms with Gasteiger partial charge < -0.3 is 5.32 Å². The number of amides is 1. The molecular weight excluding hydrogens is 300 g/mol. The Morgan fingerprint density at radius 2 is 1.70 bits per heavy atom. The van der Waals surface area contributed by atoms with Gasteiger partial charge in [-0.2, -0.15) is 0 Å². The van der Waals surface area contributed by atoms with E-state index in [0.717, 1.165) is 22.2 Å². The second kappa shape index (κ2) is 5.97. The summed E-state index contributed by atoms with van der Waals surface area (Å²) in [6.07, 6.45) is 1.74. The Balaban J connectivity index is 2.00. The molecule has 0 fully saturated rings. The third-order valence-electron chi connectivity index (χ3n) is 3.86. The molecule has 0 atom stereocenters. The molecule has 0 saturated carbocycles. The number of rotatable bonds is 3. The highest BCUT2D eigenvalue weighted by Gasteiger charge is 2.23. The molecule has 1 heterocycles. The quantitative estimate of drug-likeness (QED) is 0.740. The zero-order valence-electron chi connectivity index (χ0n) is 13.6. The van der Waals surface area contributed by atoms with Crippen LogP contribution in [0.4, 0.5) is 5.69 Å². The first-order valence-electron chi connectivity index (χ1n) is 7.71. The standard InChI is InChI=1S/C19H20N2OSi/c1-23(2,3)17-12-5-4-10-15(17)19(22)21-16-11-6-8-14-9-7-13-20-18(14)16/h4-13H,1-3H3,(H,21,22). The van der Waals surface area contributed by atoms with Crippen molar-refractivity contribution in [1.82, 2.24) is 4.98 Å². The van der Waals surface area contributed by atoms with Crippen molar-refractivity contribution in [2.75, 3.05) is 5.32 Å². The average molecular weight is 320 g/mol. The number of aromatic nitrogens is 1. The minimum Gasteiger partial charge on any atom is -0.320 e. The van der Waals surface area contributed by atoms with Crippen molar-refractivity contribution in [3.63, 3.8) is 0 Å². The number of benzene rings is 2. The van der Waals surface area contributed by atoms with E-state index in [2.05, 4.69) is 36.0 Å². The van der Waals surface area contributed by atoms with E-state index < -0.39 is 8.07 Å². The van der Waals surface area contributed by atoms with Crippen molar-refractivity contribution in [3.05, 3.63) is 66.4 Å². The lowest BCUT2D eigenvalue weighted by atomic mass is 10.1. The second-order valence-corrected chi connectivity index (χ2v) is 11.7. The summed E-state index contributed by atoms with van der Waals surface area (Å²) in [6.45, 7) is 6.75. The maximum atomic E-state index is 12.8. The summed E-state index contributed by atoms with van der Waals surface area (Å²) in [6, 6.07) is 17.6. The summed E-state index contributed by atoms with van der Waals surface area (Å²) in [7, 11) is -1.59. The number of fused-ring (bicyclic) bond motifs is 1. The van der Waals surface area contributed by atoms with Gasteiger partial charge in [-0.25, -0.2) is 0 Å². The molecule has 1 N–H and O–H groups in total. The molecule has 0 aliphatic carbocycles. The van der Waals surface area contributed by atoms with Crippen molar-refractivity contribution >= 4 is 35.8 Å². The summed E-state index contributed by atoms with van der Waals surface area (Å²) in [5.74, 6) is -0.0684. The predicted molar refractivity (Wildman–Crippen MR) is 99.1 cm³/mol. The maximum Gasteiger partial charge on any atom is 0.255 e. The molecule has 3 rings (SSSR count). The largest absolute Gasteiger partial charge is 0.320 e. The number of hydrogen-bond donors (Lipinski definition) is 1. The summed E-state index contributed by atoms with van der Waals surface area (Å²) in [4.78, 5) is 17.2. The monoisotopic (exact) mass is 320 g/mol. The van der Waals surface area contributed by atoms with E-state index in [4.69, 9.17) is 0 Å². The van der Waals surface area contributed by atoms with Gasteiger partial charge >= 0.3 is 0 Å². The molecule has 0 aliphatic heterocycles. The lowest BCUT2D eigenvalue weighted by Crippen LogP contribution is -2.42.